The van der Waals surface area contributed by atoms with Crippen LogP contribution in [0.4, 0.5) is 0 Å². The van der Waals surface area contributed by atoms with E-state index in [1.165, 1.54) is 15.3 Å². The maximum absolute atomic E-state index is 12.3. The number of hydrogen-bond acceptors (Lipinski definition) is 5. The van der Waals surface area contributed by atoms with E-state index in [1.54, 1.807) is 18.5 Å². The third-order valence-electron chi connectivity index (χ3n) is 3.97. The molecule has 0 atom stereocenters. The largest absolute Gasteiger partial charge is 0.420 e. The summed E-state index contributed by atoms with van der Waals surface area (Å²) >= 11 is 0. The van der Waals surface area contributed by atoms with Gasteiger partial charge >= 0.3 is 5.76 Å². The molecule has 3 heterocycles. The third kappa shape index (κ3) is 2.67. The standard InChI is InChI=1S/C17H15N5O3/c1-11-3-4-13-14(9-11)25-17(24)21(13)8-6-19-16(23)12-10-20-22-7-2-5-18-15(12)22/h2-5,7,9-10H,6,8H2,1H3,(H,19,23). The lowest BCUT2D eigenvalue weighted by molar-refractivity contribution is 0.0953. The molecule has 0 aliphatic rings. The second-order valence-corrected chi connectivity index (χ2v) is 5.69. The van der Waals surface area contributed by atoms with Crippen molar-refractivity contribution in [2.24, 2.45) is 0 Å². The molecule has 4 aromatic rings. The van der Waals surface area contributed by atoms with Crippen molar-refractivity contribution in [1.29, 1.82) is 0 Å². The molecule has 0 saturated carbocycles. The fourth-order valence-corrected chi connectivity index (χ4v) is 2.75. The molecule has 0 fully saturated rings. The molecule has 25 heavy (non-hydrogen) atoms. The van der Waals surface area contributed by atoms with Crippen LogP contribution in [-0.4, -0.2) is 31.6 Å². The minimum absolute atomic E-state index is 0.283. The zero-order valence-electron chi connectivity index (χ0n) is 13.5. The van der Waals surface area contributed by atoms with Crippen LogP contribution in [0.5, 0.6) is 0 Å². The summed E-state index contributed by atoms with van der Waals surface area (Å²) in [7, 11) is 0. The average Bonchev–Trinajstić information content (AvgIpc) is 3.15. The summed E-state index contributed by atoms with van der Waals surface area (Å²) in [5.74, 6) is -0.724. The lowest BCUT2D eigenvalue weighted by atomic mass is 10.2. The number of fused-ring (bicyclic) bond motifs is 2. The minimum Gasteiger partial charge on any atom is -0.408 e. The summed E-state index contributed by atoms with van der Waals surface area (Å²) < 4.78 is 8.28. The van der Waals surface area contributed by atoms with Gasteiger partial charge in [0.05, 0.1) is 11.7 Å². The number of carbonyl (C=O) groups is 1. The Morgan fingerprint density at radius 3 is 3.12 bits per heavy atom. The van der Waals surface area contributed by atoms with E-state index in [0.717, 1.165) is 5.56 Å². The van der Waals surface area contributed by atoms with Gasteiger partial charge in [-0.2, -0.15) is 5.10 Å². The highest BCUT2D eigenvalue weighted by atomic mass is 16.4. The van der Waals surface area contributed by atoms with Crippen LogP contribution in [0.25, 0.3) is 16.7 Å². The van der Waals surface area contributed by atoms with Gasteiger partial charge in [0.25, 0.3) is 5.91 Å². The highest BCUT2D eigenvalue weighted by Crippen LogP contribution is 2.14. The van der Waals surface area contributed by atoms with Gasteiger partial charge in [-0.05, 0) is 30.7 Å². The number of oxazole rings is 1. The Morgan fingerprint density at radius 1 is 1.36 bits per heavy atom. The van der Waals surface area contributed by atoms with E-state index in [9.17, 15) is 9.59 Å². The molecule has 1 amide bonds. The van der Waals surface area contributed by atoms with Crippen molar-refractivity contribution in [2.45, 2.75) is 13.5 Å². The summed E-state index contributed by atoms with van der Waals surface area (Å²) in [5, 5.41) is 6.87. The molecule has 0 aliphatic heterocycles. The first-order valence-electron chi connectivity index (χ1n) is 7.80. The van der Waals surface area contributed by atoms with E-state index in [-0.39, 0.29) is 12.5 Å². The number of benzene rings is 1. The Balaban J connectivity index is 1.50. The minimum atomic E-state index is -0.438. The fourth-order valence-electron chi connectivity index (χ4n) is 2.75. The molecule has 3 aromatic heterocycles. The van der Waals surface area contributed by atoms with E-state index in [0.29, 0.717) is 28.9 Å². The van der Waals surface area contributed by atoms with Crippen molar-refractivity contribution in [3.63, 3.8) is 0 Å². The number of nitrogens with one attached hydrogen (secondary N) is 1. The van der Waals surface area contributed by atoms with Crippen molar-refractivity contribution < 1.29 is 9.21 Å². The van der Waals surface area contributed by atoms with Crippen LogP contribution >= 0.6 is 0 Å². The zero-order chi connectivity index (χ0) is 17.4. The molecule has 4 rings (SSSR count). The molecule has 0 saturated heterocycles. The van der Waals surface area contributed by atoms with Gasteiger partial charge in [-0.25, -0.2) is 14.3 Å². The third-order valence-corrected chi connectivity index (χ3v) is 3.97. The Hall–Kier alpha value is -3.42. The van der Waals surface area contributed by atoms with Crippen molar-refractivity contribution in [2.75, 3.05) is 6.54 Å². The predicted octanol–water partition coefficient (Wildman–Crippen LogP) is 1.38. The number of aromatic nitrogens is 4. The molecule has 1 N–H and O–H groups in total. The van der Waals surface area contributed by atoms with E-state index < -0.39 is 5.76 Å². The van der Waals surface area contributed by atoms with Gasteiger partial charge < -0.3 is 9.73 Å². The van der Waals surface area contributed by atoms with Crippen LogP contribution in [0.1, 0.15) is 15.9 Å². The summed E-state index contributed by atoms with van der Waals surface area (Å²) in [6.45, 7) is 2.53. The molecule has 0 aliphatic carbocycles. The van der Waals surface area contributed by atoms with Gasteiger partial charge in [0.2, 0.25) is 0 Å². The molecule has 126 valence electrons. The van der Waals surface area contributed by atoms with E-state index in [2.05, 4.69) is 15.4 Å². The number of amides is 1. The van der Waals surface area contributed by atoms with Gasteiger partial charge in [-0.1, -0.05) is 6.07 Å². The Kier molecular flexibility index (Phi) is 3.57. The summed E-state index contributed by atoms with van der Waals surface area (Å²) in [6, 6.07) is 7.31. The quantitative estimate of drug-likeness (QED) is 0.607. The second kappa shape index (κ2) is 5.90. The van der Waals surface area contributed by atoms with Crippen LogP contribution in [0.2, 0.25) is 0 Å². The second-order valence-electron chi connectivity index (χ2n) is 5.69. The number of rotatable bonds is 4. The Morgan fingerprint density at radius 2 is 2.24 bits per heavy atom. The van der Waals surface area contributed by atoms with Crippen LogP contribution in [0.15, 0.2) is 52.1 Å². The smallest absolute Gasteiger partial charge is 0.408 e. The van der Waals surface area contributed by atoms with Crippen molar-refractivity contribution >= 4 is 22.7 Å². The first-order chi connectivity index (χ1) is 12.1. The topological polar surface area (TPSA) is 94.4 Å². The zero-order valence-corrected chi connectivity index (χ0v) is 13.5. The molecular formula is C17H15N5O3. The molecule has 0 spiro atoms. The van der Waals surface area contributed by atoms with Gasteiger partial charge in [-0.15, -0.1) is 0 Å². The number of nitrogens with zero attached hydrogens (tertiary/aromatic N) is 4. The maximum atomic E-state index is 12.3. The molecule has 1 aromatic carbocycles. The number of aryl methyl sites for hydroxylation is 1. The number of hydrogen-bond donors (Lipinski definition) is 1. The van der Waals surface area contributed by atoms with Crippen molar-refractivity contribution in [1.82, 2.24) is 24.5 Å². The SMILES string of the molecule is Cc1ccc2c(c1)oc(=O)n2CCNC(=O)c1cnn2cccnc12. The molecule has 0 radical (unpaired) electrons. The van der Waals surface area contributed by atoms with E-state index in [4.69, 9.17) is 4.42 Å². The first-order valence-corrected chi connectivity index (χ1v) is 7.80. The highest BCUT2D eigenvalue weighted by molar-refractivity contribution is 5.99. The first kappa shape index (κ1) is 15.1. The molecule has 8 nitrogen and oxygen atoms in total. The monoisotopic (exact) mass is 337 g/mol. The van der Waals surface area contributed by atoms with Crippen LogP contribution in [-0.2, 0) is 6.54 Å². The molecular weight excluding hydrogens is 322 g/mol. The summed E-state index contributed by atoms with van der Waals surface area (Å²) in [6.07, 6.45) is 4.80. The molecule has 0 unspecified atom stereocenters. The van der Waals surface area contributed by atoms with Crippen molar-refractivity contribution in [3.8, 4) is 0 Å². The Bertz CT molecular complexity index is 1140. The van der Waals surface area contributed by atoms with Gasteiger partial charge in [0.15, 0.2) is 11.2 Å². The van der Waals surface area contributed by atoms with Crippen LogP contribution in [0.3, 0.4) is 0 Å². The van der Waals surface area contributed by atoms with Crippen LogP contribution in [0, 0.1) is 6.92 Å². The summed E-state index contributed by atoms with van der Waals surface area (Å²) in [5.41, 5.74) is 3.15. The van der Waals surface area contributed by atoms with Gasteiger partial charge in [0, 0.05) is 25.5 Å². The van der Waals surface area contributed by atoms with E-state index in [1.807, 2.05) is 25.1 Å². The molecule has 8 heteroatoms. The lowest BCUT2D eigenvalue weighted by Gasteiger charge is -2.05. The average molecular weight is 337 g/mol. The van der Waals surface area contributed by atoms with Crippen molar-refractivity contribution in [3.05, 3.63) is 64.5 Å². The van der Waals surface area contributed by atoms with Gasteiger partial charge in [0.1, 0.15) is 5.56 Å². The fraction of sp³-hybridized carbons (Fsp3) is 0.176. The number of carbonyl (C=O) groups excluding carboxylic acids is 1. The summed E-state index contributed by atoms with van der Waals surface area (Å²) in [4.78, 5) is 28.5. The van der Waals surface area contributed by atoms with Crippen LogP contribution < -0.4 is 11.1 Å². The van der Waals surface area contributed by atoms with E-state index >= 15 is 0 Å². The highest BCUT2D eigenvalue weighted by Gasteiger charge is 2.14. The normalized spacial score (nSPS) is 11.2. The predicted molar refractivity (Wildman–Crippen MR) is 90.5 cm³/mol. The Labute approximate surface area is 141 Å². The maximum Gasteiger partial charge on any atom is 0.420 e. The lowest BCUT2D eigenvalue weighted by Crippen LogP contribution is -2.29. The molecule has 0 bridgehead atoms. The van der Waals surface area contributed by atoms with Gasteiger partial charge in [-0.3, -0.25) is 9.36 Å².